The second kappa shape index (κ2) is 10.2. The molecule has 3 rings (SSSR count). The number of sulfonamides is 1. The number of carbonyl (C=O) groups excluding carboxylic acids is 1. The van der Waals surface area contributed by atoms with Crippen molar-refractivity contribution in [1.82, 2.24) is 5.43 Å². The van der Waals surface area contributed by atoms with Gasteiger partial charge in [0.25, 0.3) is 21.6 Å². The van der Waals surface area contributed by atoms with E-state index in [1.54, 1.807) is 48.5 Å². The first-order valence-corrected chi connectivity index (χ1v) is 11.4. The first kappa shape index (κ1) is 23.1. The maximum absolute atomic E-state index is 13.2. The van der Waals surface area contributed by atoms with Crippen molar-refractivity contribution in [2.75, 3.05) is 10.8 Å². The third kappa shape index (κ3) is 5.56. The lowest BCUT2D eigenvalue weighted by Gasteiger charge is -2.23. The number of para-hydroxylation sites is 1. The highest BCUT2D eigenvalue weighted by molar-refractivity contribution is 9.10. The molecule has 3 aromatic carbocycles. The van der Waals surface area contributed by atoms with E-state index in [-0.39, 0.29) is 21.8 Å². The Morgan fingerprint density at radius 1 is 1.06 bits per heavy atom. The van der Waals surface area contributed by atoms with E-state index in [9.17, 15) is 23.3 Å². The molecule has 11 heteroatoms. The molecule has 0 bridgehead atoms. The summed E-state index contributed by atoms with van der Waals surface area (Å²) in [6.07, 6.45) is 1.13. The van der Waals surface area contributed by atoms with Crippen molar-refractivity contribution >= 4 is 49.4 Å². The topological polar surface area (TPSA) is 122 Å². The minimum Gasteiger partial charge on any atom is -0.271 e. The second-order valence-corrected chi connectivity index (χ2v) is 9.19. The molecular weight excluding hydrogens is 500 g/mol. The lowest BCUT2D eigenvalue weighted by Crippen LogP contribution is -2.39. The number of nitro groups is 1. The van der Waals surface area contributed by atoms with Crippen LogP contribution in [0.5, 0.6) is 0 Å². The van der Waals surface area contributed by atoms with E-state index in [1.165, 1.54) is 30.3 Å². The maximum atomic E-state index is 13.2. The molecule has 0 unspecified atom stereocenters. The molecule has 1 N–H and O–H groups in total. The van der Waals surface area contributed by atoms with Crippen LogP contribution in [-0.2, 0) is 14.8 Å². The smallest absolute Gasteiger partial charge is 0.271 e. The van der Waals surface area contributed by atoms with Gasteiger partial charge in [-0.15, -0.1) is 0 Å². The van der Waals surface area contributed by atoms with E-state index >= 15 is 0 Å². The van der Waals surface area contributed by atoms with Gasteiger partial charge in [-0.2, -0.15) is 5.10 Å². The number of nitrogens with one attached hydrogen (secondary N) is 1. The van der Waals surface area contributed by atoms with Crippen molar-refractivity contribution in [3.05, 3.63) is 99.0 Å². The SMILES string of the molecule is O=C(CN(c1cccc(Br)c1)S(=O)(=O)c1ccccc1)N/N=C\c1ccccc1[N+](=O)[O-]. The average Bonchev–Trinajstić information content (AvgIpc) is 2.78. The number of amides is 1. The van der Waals surface area contributed by atoms with Crippen LogP contribution >= 0.6 is 15.9 Å². The van der Waals surface area contributed by atoms with Crippen molar-refractivity contribution < 1.29 is 18.1 Å². The van der Waals surface area contributed by atoms with Gasteiger partial charge in [0.15, 0.2) is 0 Å². The van der Waals surface area contributed by atoms with Gasteiger partial charge in [0, 0.05) is 10.5 Å². The molecule has 0 aromatic heterocycles. The number of halogens is 1. The number of hydrogen-bond donors (Lipinski definition) is 1. The standard InChI is InChI=1S/C21H17BrN4O5S/c22-17-8-6-9-18(13-17)25(32(30,31)19-10-2-1-3-11-19)15-21(27)24-23-14-16-7-4-5-12-20(16)26(28)29/h1-14H,15H2,(H,24,27)/b23-14-. The van der Waals surface area contributed by atoms with Crippen molar-refractivity contribution in [3.63, 3.8) is 0 Å². The van der Waals surface area contributed by atoms with Gasteiger partial charge in [0.2, 0.25) is 0 Å². The number of hydrazone groups is 1. The van der Waals surface area contributed by atoms with Gasteiger partial charge in [0.05, 0.1) is 27.3 Å². The number of anilines is 1. The summed E-state index contributed by atoms with van der Waals surface area (Å²) in [4.78, 5) is 23.1. The number of carbonyl (C=O) groups is 1. The Balaban J connectivity index is 1.84. The molecule has 0 saturated heterocycles. The Labute approximate surface area is 192 Å². The third-order valence-corrected chi connectivity index (χ3v) is 6.52. The van der Waals surface area contributed by atoms with Gasteiger partial charge >= 0.3 is 0 Å². The molecule has 9 nitrogen and oxygen atoms in total. The summed E-state index contributed by atoms with van der Waals surface area (Å²) in [5.74, 6) is -0.723. The summed E-state index contributed by atoms with van der Waals surface area (Å²) in [6, 6.07) is 20.1. The summed E-state index contributed by atoms with van der Waals surface area (Å²) in [5.41, 5.74) is 2.52. The Morgan fingerprint density at radius 2 is 1.75 bits per heavy atom. The van der Waals surface area contributed by atoms with Crippen LogP contribution < -0.4 is 9.73 Å². The van der Waals surface area contributed by atoms with Crippen LogP contribution in [-0.4, -0.2) is 32.0 Å². The zero-order chi connectivity index (χ0) is 23.1. The second-order valence-electron chi connectivity index (χ2n) is 6.41. The molecule has 32 heavy (non-hydrogen) atoms. The van der Waals surface area contributed by atoms with E-state index < -0.39 is 27.4 Å². The summed E-state index contributed by atoms with van der Waals surface area (Å²) >= 11 is 3.31. The van der Waals surface area contributed by atoms with Crippen LogP contribution in [0.1, 0.15) is 5.56 Å². The van der Waals surface area contributed by atoms with E-state index in [0.29, 0.717) is 4.47 Å². The molecule has 0 aliphatic carbocycles. The monoisotopic (exact) mass is 516 g/mol. The Bertz CT molecular complexity index is 1270. The normalized spacial score (nSPS) is 11.3. The highest BCUT2D eigenvalue weighted by Crippen LogP contribution is 2.26. The fourth-order valence-corrected chi connectivity index (χ4v) is 4.59. The summed E-state index contributed by atoms with van der Waals surface area (Å²) in [5, 5.41) is 14.8. The van der Waals surface area contributed by atoms with Gasteiger partial charge in [0.1, 0.15) is 6.54 Å². The fourth-order valence-electron chi connectivity index (χ4n) is 2.77. The lowest BCUT2D eigenvalue weighted by atomic mass is 10.2. The Morgan fingerprint density at radius 3 is 2.44 bits per heavy atom. The molecule has 0 spiro atoms. The van der Waals surface area contributed by atoms with Crippen molar-refractivity contribution in [1.29, 1.82) is 0 Å². The maximum Gasteiger partial charge on any atom is 0.278 e. The minimum absolute atomic E-state index is 0.0242. The lowest BCUT2D eigenvalue weighted by molar-refractivity contribution is -0.385. The average molecular weight is 517 g/mol. The summed E-state index contributed by atoms with van der Waals surface area (Å²) in [6.45, 7) is -0.554. The van der Waals surface area contributed by atoms with Crippen LogP contribution in [0.15, 0.2) is 93.3 Å². The number of nitro benzene ring substituents is 1. The first-order valence-electron chi connectivity index (χ1n) is 9.18. The fraction of sp³-hybridized carbons (Fsp3) is 0.0476. The minimum atomic E-state index is -4.05. The molecule has 0 radical (unpaired) electrons. The van der Waals surface area contributed by atoms with Crippen molar-refractivity contribution in [2.24, 2.45) is 5.10 Å². The number of nitrogens with zero attached hydrogens (tertiary/aromatic N) is 3. The van der Waals surface area contributed by atoms with Gasteiger partial charge < -0.3 is 0 Å². The van der Waals surface area contributed by atoms with Crippen molar-refractivity contribution in [3.8, 4) is 0 Å². The largest absolute Gasteiger partial charge is 0.278 e. The number of rotatable bonds is 8. The highest BCUT2D eigenvalue weighted by atomic mass is 79.9. The number of benzene rings is 3. The predicted octanol–water partition coefficient (Wildman–Crippen LogP) is 3.70. The van der Waals surface area contributed by atoms with E-state index in [4.69, 9.17) is 0 Å². The quantitative estimate of drug-likeness (QED) is 0.277. The molecule has 0 heterocycles. The first-order chi connectivity index (χ1) is 15.3. The summed E-state index contributed by atoms with van der Waals surface area (Å²) < 4.78 is 28.0. The van der Waals surface area contributed by atoms with Crippen LogP contribution in [0, 0.1) is 10.1 Å². The van der Waals surface area contributed by atoms with Crippen LogP contribution in [0.25, 0.3) is 0 Å². The zero-order valence-electron chi connectivity index (χ0n) is 16.5. The molecular formula is C21H17BrN4O5S. The molecule has 0 fully saturated rings. The molecule has 3 aromatic rings. The van der Waals surface area contributed by atoms with Crippen molar-refractivity contribution in [2.45, 2.75) is 4.90 Å². The molecule has 0 saturated carbocycles. The number of hydrogen-bond acceptors (Lipinski definition) is 6. The molecule has 0 aliphatic rings. The van der Waals surface area contributed by atoms with Gasteiger partial charge in [-0.25, -0.2) is 13.8 Å². The highest BCUT2D eigenvalue weighted by Gasteiger charge is 2.27. The molecule has 164 valence electrons. The van der Waals surface area contributed by atoms with Gasteiger partial charge in [-0.1, -0.05) is 52.3 Å². The molecule has 1 amide bonds. The Kier molecular flexibility index (Phi) is 7.33. The Hall–Kier alpha value is -3.57. The molecule has 0 aliphatic heterocycles. The zero-order valence-corrected chi connectivity index (χ0v) is 18.9. The van der Waals surface area contributed by atoms with Crippen LogP contribution in [0.4, 0.5) is 11.4 Å². The van der Waals surface area contributed by atoms with Gasteiger partial charge in [-0.3, -0.25) is 19.2 Å². The van der Waals surface area contributed by atoms with E-state index in [0.717, 1.165) is 10.5 Å². The van der Waals surface area contributed by atoms with Gasteiger partial charge in [-0.05, 0) is 36.4 Å². The predicted molar refractivity (Wildman–Crippen MR) is 124 cm³/mol. The van der Waals surface area contributed by atoms with Crippen LogP contribution in [0.3, 0.4) is 0 Å². The summed E-state index contributed by atoms with van der Waals surface area (Å²) in [7, 11) is -4.05. The van der Waals surface area contributed by atoms with Crippen LogP contribution in [0.2, 0.25) is 0 Å². The van der Waals surface area contributed by atoms with E-state index in [1.807, 2.05) is 0 Å². The molecule has 0 atom stereocenters. The van der Waals surface area contributed by atoms with E-state index in [2.05, 4.69) is 26.5 Å². The third-order valence-electron chi connectivity index (χ3n) is 4.24.